The van der Waals surface area contributed by atoms with Crippen LogP contribution in [-0.2, 0) is 0 Å². The summed E-state index contributed by atoms with van der Waals surface area (Å²) in [6.45, 7) is 4.47. The van der Waals surface area contributed by atoms with Crippen LogP contribution in [0.1, 0.15) is 24.2 Å². The van der Waals surface area contributed by atoms with Crippen molar-refractivity contribution in [1.29, 1.82) is 0 Å². The predicted molar refractivity (Wildman–Crippen MR) is 110 cm³/mol. The van der Waals surface area contributed by atoms with Crippen LogP contribution in [-0.4, -0.2) is 36.1 Å². The standard InChI is InChI=1S/C19H19N3O6S/c1-4-27-11-6-7-13-17(8-11)29-19(20-13)21-18(23)12-9-15(26-3)16(28-5-2)10-14(12)22(24)25/h6-10H,4-5H2,1-3H3,(H,20,21,23). The zero-order valence-electron chi connectivity index (χ0n) is 16.1. The summed E-state index contributed by atoms with van der Waals surface area (Å²) in [6, 6.07) is 7.88. The van der Waals surface area contributed by atoms with Gasteiger partial charge in [0.15, 0.2) is 16.6 Å². The van der Waals surface area contributed by atoms with Crippen LogP contribution in [0.3, 0.4) is 0 Å². The van der Waals surface area contributed by atoms with Gasteiger partial charge in [0, 0.05) is 6.07 Å². The molecular weight excluding hydrogens is 398 g/mol. The van der Waals surface area contributed by atoms with Gasteiger partial charge in [0.25, 0.3) is 11.6 Å². The van der Waals surface area contributed by atoms with Crippen LogP contribution in [0.4, 0.5) is 10.8 Å². The van der Waals surface area contributed by atoms with E-state index in [4.69, 9.17) is 14.2 Å². The summed E-state index contributed by atoms with van der Waals surface area (Å²) in [6.07, 6.45) is 0. The van der Waals surface area contributed by atoms with E-state index in [9.17, 15) is 14.9 Å². The molecule has 1 heterocycles. The summed E-state index contributed by atoms with van der Waals surface area (Å²) in [5.74, 6) is 0.463. The molecule has 1 N–H and O–H groups in total. The number of carbonyl (C=O) groups is 1. The lowest BCUT2D eigenvalue weighted by Gasteiger charge is -2.11. The van der Waals surface area contributed by atoms with Crippen LogP contribution < -0.4 is 19.5 Å². The summed E-state index contributed by atoms with van der Waals surface area (Å²) < 4.78 is 16.8. The molecule has 0 saturated heterocycles. The molecule has 0 unspecified atom stereocenters. The maximum absolute atomic E-state index is 12.8. The number of amides is 1. The second-order valence-electron chi connectivity index (χ2n) is 5.75. The van der Waals surface area contributed by atoms with E-state index in [-0.39, 0.29) is 22.7 Å². The lowest BCUT2D eigenvalue weighted by molar-refractivity contribution is -0.385. The van der Waals surface area contributed by atoms with Gasteiger partial charge in [-0.3, -0.25) is 20.2 Å². The number of benzene rings is 2. The van der Waals surface area contributed by atoms with Gasteiger partial charge in [-0.05, 0) is 32.0 Å². The maximum atomic E-state index is 12.8. The molecule has 0 bridgehead atoms. The van der Waals surface area contributed by atoms with E-state index in [0.717, 1.165) is 4.70 Å². The van der Waals surface area contributed by atoms with Gasteiger partial charge < -0.3 is 14.2 Å². The number of nitrogens with one attached hydrogen (secondary N) is 1. The Hall–Kier alpha value is -3.40. The average Bonchev–Trinajstić information content (AvgIpc) is 3.09. The number of aromatic nitrogens is 1. The first-order valence-electron chi connectivity index (χ1n) is 8.80. The number of carbonyl (C=O) groups excluding carboxylic acids is 1. The third-order valence-electron chi connectivity index (χ3n) is 3.91. The minimum absolute atomic E-state index is 0.149. The minimum Gasteiger partial charge on any atom is -0.494 e. The quantitative estimate of drug-likeness (QED) is 0.430. The van der Waals surface area contributed by atoms with Gasteiger partial charge in [-0.1, -0.05) is 11.3 Å². The van der Waals surface area contributed by atoms with E-state index in [1.165, 1.54) is 30.6 Å². The van der Waals surface area contributed by atoms with Crippen molar-refractivity contribution in [3.63, 3.8) is 0 Å². The topological polar surface area (TPSA) is 113 Å². The molecule has 3 rings (SSSR count). The lowest BCUT2D eigenvalue weighted by atomic mass is 10.1. The SMILES string of the molecule is CCOc1ccc2nc(NC(=O)c3cc(OC)c(OCC)cc3[N+](=O)[O-])sc2c1. The zero-order chi connectivity index (χ0) is 21.0. The van der Waals surface area contributed by atoms with Gasteiger partial charge >= 0.3 is 0 Å². The van der Waals surface area contributed by atoms with Gasteiger partial charge in [0.2, 0.25) is 0 Å². The van der Waals surface area contributed by atoms with Crippen LogP contribution in [0, 0.1) is 10.1 Å². The number of methoxy groups -OCH3 is 1. The van der Waals surface area contributed by atoms with Gasteiger partial charge in [0.1, 0.15) is 11.3 Å². The fourth-order valence-electron chi connectivity index (χ4n) is 2.69. The molecule has 2 aromatic carbocycles. The van der Waals surface area contributed by atoms with Crippen molar-refractivity contribution >= 4 is 38.3 Å². The number of anilines is 1. The van der Waals surface area contributed by atoms with Crippen LogP contribution in [0.5, 0.6) is 17.2 Å². The summed E-state index contributed by atoms with van der Waals surface area (Å²) in [7, 11) is 1.40. The number of nitro benzene ring substituents is 1. The van der Waals surface area contributed by atoms with Crippen molar-refractivity contribution < 1.29 is 23.9 Å². The molecule has 0 radical (unpaired) electrons. The van der Waals surface area contributed by atoms with Crippen LogP contribution >= 0.6 is 11.3 Å². The Balaban J connectivity index is 1.93. The summed E-state index contributed by atoms with van der Waals surface area (Å²) in [5.41, 5.74) is 0.156. The van der Waals surface area contributed by atoms with Crippen LogP contribution in [0.25, 0.3) is 10.2 Å². The first-order valence-corrected chi connectivity index (χ1v) is 9.62. The van der Waals surface area contributed by atoms with Gasteiger partial charge in [-0.2, -0.15) is 0 Å². The molecule has 0 aliphatic heterocycles. The Morgan fingerprint density at radius 1 is 1.17 bits per heavy atom. The Morgan fingerprint density at radius 2 is 1.93 bits per heavy atom. The smallest absolute Gasteiger partial charge is 0.286 e. The molecule has 1 amide bonds. The molecule has 152 valence electrons. The first-order chi connectivity index (χ1) is 14.0. The van der Waals surface area contributed by atoms with Crippen molar-refractivity contribution in [3.05, 3.63) is 46.0 Å². The van der Waals surface area contributed by atoms with Crippen LogP contribution in [0.2, 0.25) is 0 Å². The number of ether oxygens (including phenoxy) is 3. The van der Waals surface area contributed by atoms with Crippen molar-refractivity contribution in [1.82, 2.24) is 4.98 Å². The monoisotopic (exact) mass is 417 g/mol. The fourth-order valence-corrected chi connectivity index (χ4v) is 3.58. The molecule has 0 atom stereocenters. The number of thiazole rings is 1. The Labute approximate surface area is 170 Å². The zero-order valence-corrected chi connectivity index (χ0v) is 16.9. The molecule has 0 aliphatic rings. The van der Waals surface area contributed by atoms with E-state index in [1.807, 2.05) is 13.0 Å². The molecule has 29 heavy (non-hydrogen) atoms. The van der Waals surface area contributed by atoms with E-state index in [1.54, 1.807) is 19.1 Å². The Morgan fingerprint density at radius 3 is 2.59 bits per heavy atom. The second-order valence-corrected chi connectivity index (χ2v) is 6.78. The number of nitrogens with zero attached hydrogens (tertiary/aromatic N) is 2. The van der Waals surface area contributed by atoms with Crippen molar-refractivity contribution in [2.24, 2.45) is 0 Å². The van der Waals surface area contributed by atoms with Crippen LogP contribution in [0.15, 0.2) is 30.3 Å². The number of hydrogen-bond acceptors (Lipinski definition) is 8. The average molecular weight is 417 g/mol. The molecule has 0 fully saturated rings. The van der Waals surface area contributed by atoms with E-state index in [2.05, 4.69) is 10.3 Å². The highest BCUT2D eigenvalue weighted by atomic mass is 32.1. The highest BCUT2D eigenvalue weighted by Crippen LogP contribution is 2.36. The number of fused-ring (bicyclic) bond motifs is 1. The predicted octanol–water partition coefficient (Wildman–Crippen LogP) is 4.26. The lowest BCUT2D eigenvalue weighted by Crippen LogP contribution is -2.14. The van der Waals surface area contributed by atoms with Crippen molar-refractivity contribution in [2.75, 3.05) is 25.6 Å². The van der Waals surface area contributed by atoms with Gasteiger partial charge in [-0.25, -0.2) is 4.98 Å². The van der Waals surface area contributed by atoms with Crippen molar-refractivity contribution in [3.8, 4) is 17.2 Å². The van der Waals surface area contributed by atoms with Gasteiger partial charge in [-0.15, -0.1) is 0 Å². The van der Waals surface area contributed by atoms with E-state index >= 15 is 0 Å². The van der Waals surface area contributed by atoms with Gasteiger partial charge in [0.05, 0.1) is 41.5 Å². The highest BCUT2D eigenvalue weighted by molar-refractivity contribution is 7.22. The fraction of sp³-hybridized carbons (Fsp3) is 0.263. The minimum atomic E-state index is -0.665. The molecule has 10 heteroatoms. The maximum Gasteiger partial charge on any atom is 0.286 e. The normalized spacial score (nSPS) is 10.6. The molecule has 0 spiro atoms. The number of hydrogen-bond donors (Lipinski definition) is 1. The molecule has 0 saturated carbocycles. The number of rotatable bonds is 8. The Bertz CT molecular complexity index is 1070. The second kappa shape index (κ2) is 8.74. The van der Waals surface area contributed by atoms with Crippen molar-refractivity contribution in [2.45, 2.75) is 13.8 Å². The molecule has 1 aromatic heterocycles. The summed E-state index contributed by atoms with van der Waals surface area (Å²) in [4.78, 5) is 27.9. The summed E-state index contributed by atoms with van der Waals surface area (Å²) >= 11 is 1.25. The molecular formula is C19H19N3O6S. The third kappa shape index (κ3) is 4.37. The largest absolute Gasteiger partial charge is 0.494 e. The first kappa shape index (κ1) is 20.3. The third-order valence-corrected chi connectivity index (χ3v) is 4.85. The summed E-state index contributed by atoms with van der Waals surface area (Å²) in [5, 5.41) is 14.4. The highest BCUT2D eigenvalue weighted by Gasteiger charge is 2.25. The number of nitro groups is 1. The molecule has 3 aromatic rings. The van der Waals surface area contributed by atoms with E-state index < -0.39 is 10.8 Å². The molecule has 9 nitrogen and oxygen atoms in total. The molecule has 0 aliphatic carbocycles. The van der Waals surface area contributed by atoms with E-state index in [0.29, 0.717) is 29.6 Å². The Kier molecular flexibility index (Phi) is 6.13.